The van der Waals surface area contributed by atoms with Crippen LogP contribution in [0.25, 0.3) is 10.9 Å². The van der Waals surface area contributed by atoms with E-state index in [2.05, 4.69) is 15.5 Å². The fourth-order valence-corrected chi connectivity index (χ4v) is 2.46. The molecule has 2 N–H and O–H groups in total. The number of carbonyl (C=O) groups is 1. The molecule has 0 aliphatic carbocycles. The highest BCUT2D eigenvalue weighted by atomic mass is 35.5. The molecule has 3 aromatic rings. The van der Waals surface area contributed by atoms with Crippen molar-refractivity contribution in [3.8, 4) is 0 Å². The summed E-state index contributed by atoms with van der Waals surface area (Å²) in [5, 5.41) is 21.2. The van der Waals surface area contributed by atoms with Crippen LogP contribution in [0.4, 0.5) is 11.4 Å². The fraction of sp³-hybridized carbons (Fsp3) is 0.0667. The zero-order chi connectivity index (χ0) is 16.6. The zero-order valence-corrected chi connectivity index (χ0v) is 12.7. The molecule has 0 unspecified atom stereocenters. The van der Waals surface area contributed by atoms with Gasteiger partial charge in [-0.05, 0) is 36.8 Å². The fourth-order valence-electron chi connectivity index (χ4n) is 2.24. The molecule has 0 saturated heterocycles. The van der Waals surface area contributed by atoms with Crippen LogP contribution in [-0.2, 0) is 0 Å². The lowest BCUT2D eigenvalue weighted by atomic mass is 10.1. The molecule has 0 fully saturated rings. The first kappa shape index (κ1) is 15.0. The SMILES string of the molecule is Cc1cc(Cl)ccc1NC(=O)c1n[nH]c2ccc([N+](=O)[O-])cc12. The summed E-state index contributed by atoms with van der Waals surface area (Å²) in [4.78, 5) is 22.8. The molecule has 0 bridgehead atoms. The number of amides is 1. The first-order chi connectivity index (χ1) is 11.0. The van der Waals surface area contributed by atoms with Crippen molar-refractivity contribution >= 4 is 39.8 Å². The summed E-state index contributed by atoms with van der Waals surface area (Å²) in [6.45, 7) is 1.81. The molecule has 3 rings (SSSR count). The minimum Gasteiger partial charge on any atom is -0.320 e. The van der Waals surface area contributed by atoms with Crippen molar-refractivity contribution in [3.05, 3.63) is 62.8 Å². The number of H-pyrrole nitrogens is 1. The molecule has 0 aliphatic rings. The predicted octanol–water partition coefficient (Wildman–Crippen LogP) is 3.69. The number of benzene rings is 2. The molecule has 0 aliphatic heterocycles. The number of nitrogens with zero attached hydrogens (tertiary/aromatic N) is 2. The van der Waals surface area contributed by atoms with E-state index in [-0.39, 0.29) is 11.4 Å². The summed E-state index contributed by atoms with van der Waals surface area (Å²) < 4.78 is 0. The average molecular weight is 331 g/mol. The summed E-state index contributed by atoms with van der Waals surface area (Å²) in [6.07, 6.45) is 0. The molecule has 23 heavy (non-hydrogen) atoms. The van der Waals surface area contributed by atoms with Crippen LogP contribution in [0.15, 0.2) is 36.4 Å². The molecule has 1 heterocycles. The maximum atomic E-state index is 12.4. The van der Waals surface area contributed by atoms with Crippen LogP contribution < -0.4 is 5.32 Å². The Morgan fingerprint density at radius 2 is 2.09 bits per heavy atom. The minimum atomic E-state index is -0.516. The molecular formula is C15H11ClN4O3. The Balaban J connectivity index is 1.97. The van der Waals surface area contributed by atoms with Crippen molar-refractivity contribution in [2.45, 2.75) is 6.92 Å². The van der Waals surface area contributed by atoms with Crippen molar-refractivity contribution in [1.82, 2.24) is 10.2 Å². The number of fused-ring (bicyclic) bond motifs is 1. The average Bonchev–Trinajstić information content (AvgIpc) is 2.93. The Bertz CT molecular complexity index is 936. The maximum absolute atomic E-state index is 12.4. The highest BCUT2D eigenvalue weighted by Crippen LogP contribution is 2.24. The normalized spacial score (nSPS) is 10.7. The van der Waals surface area contributed by atoms with E-state index < -0.39 is 10.8 Å². The van der Waals surface area contributed by atoms with E-state index in [4.69, 9.17) is 11.6 Å². The van der Waals surface area contributed by atoms with Gasteiger partial charge in [-0.3, -0.25) is 20.0 Å². The monoisotopic (exact) mass is 330 g/mol. The summed E-state index contributed by atoms with van der Waals surface area (Å²) >= 11 is 5.88. The van der Waals surface area contributed by atoms with E-state index in [0.29, 0.717) is 21.6 Å². The summed E-state index contributed by atoms with van der Waals surface area (Å²) in [6, 6.07) is 9.27. The van der Waals surface area contributed by atoms with Crippen molar-refractivity contribution in [1.29, 1.82) is 0 Å². The maximum Gasteiger partial charge on any atom is 0.276 e. The van der Waals surface area contributed by atoms with Crippen LogP contribution in [0.5, 0.6) is 0 Å². The molecule has 1 amide bonds. The summed E-state index contributed by atoms with van der Waals surface area (Å²) in [5.74, 6) is -0.456. The Morgan fingerprint density at radius 3 is 2.78 bits per heavy atom. The van der Waals surface area contributed by atoms with Crippen LogP contribution in [0.3, 0.4) is 0 Å². The van der Waals surface area contributed by atoms with E-state index in [9.17, 15) is 14.9 Å². The number of nitrogens with one attached hydrogen (secondary N) is 2. The highest BCUT2D eigenvalue weighted by Gasteiger charge is 2.18. The van der Waals surface area contributed by atoms with Crippen molar-refractivity contribution in [2.24, 2.45) is 0 Å². The Kier molecular flexibility index (Phi) is 3.71. The number of aryl methyl sites for hydroxylation is 1. The van der Waals surface area contributed by atoms with Gasteiger partial charge in [0.05, 0.1) is 10.4 Å². The van der Waals surface area contributed by atoms with Crippen molar-refractivity contribution in [2.75, 3.05) is 5.32 Å². The van der Waals surface area contributed by atoms with Gasteiger partial charge in [0.25, 0.3) is 11.6 Å². The van der Waals surface area contributed by atoms with E-state index in [1.165, 1.54) is 18.2 Å². The molecule has 0 radical (unpaired) electrons. The van der Waals surface area contributed by atoms with E-state index >= 15 is 0 Å². The lowest BCUT2D eigenvalue weighted by molar-refractivity contribution is -0.384. The first-order valence-electron chi connectivity index (χ1n) is 6.66. The van der Waals surface area contributed by atoms with Gasteiger partial charge in [-0.25, -0.2) is 0 Å². The second-order valence-corrected chi connectivity index (χ2v) is 5.41. The summed E-state index contributed by atoms with van der Waals surface area (Å²) in [5.41, 5.74) is 1.94. The number of aromatic amines is 1. The number of hydrogen-bond donors (Lipinski definition) is 2. The van der Waals surface area contributed by atoms with Gasteiger partial charge in [0.2, 0.25) is 0 Å². The van der Waals surface area contributed by atoms with E-state index in [1.54, 1.807) is 18.2 Å². The van der Waals surface area contributed by atoms with Gasteiger partial charge in [-0.15, -0.1) is 0 Å². The highest BCUT2D eigenvalue weighted by molar-refractivity contribution is 6.30. The standard InChI is InChI=1S/C15H11ClN4O3/c1-8-6-9(16)2-4-12(8)17-15(21)14-11-7-10(20(22)23)3-5-13(11)18-19-14/h2-7H,1H3,(H,17,21)(H,18,19). The molecule has 2 aromatic carbocycles. The smallest absolute Gasteiger partial charge is 0.276 e. The van der Waals surface area contributed by atoms with Crippen LogP contribution >= 0.6 is 11.6 Å². The van der Waals surface area contributed by atoms with E-state index in [1.807, 2.05) is 6.92 Å². The second kappa shape index (κ2) is 5.69. The summed E-state index contributed by atoms with van der Waals surface area (Å²) in [7, 11) is 0. The predicted molar refractivity (Wildman–Crippen MR) is 86.9 cm³/mol. The minimum absolute atomic E-state index is 0.0954. The number of anilines is 1. The van der Waals surface area contributed by atoms with Gasteiger partial charge < -0.3 is 5.32 Å². The lowest BCUT2D eigenvalue weighted by Gasteiger charge is -2.07. The van der Waals surface area contributed by atoms with Gasteiger partial charge in [0.15, 0.2) is 5.69 Å². The van der Waals surface area contributed by atoms with Gasteiger partial charge in [-0.1, -0.05) is 11.6 Å². The van der Waals surface area contributed by atoms with Crippen LogP contribution in [0.2, 0.25) is 5.02 Å². The Hall–Kier alpha value is -2.93. The number of carbonyl (C=O) groups excluding carboxylic acids is 1. The molecule has 0 saturated carbocycles. The third-order valence-corrected chi connectivity index (χ3v) is 3.64. The molecule has 7 nitrogen and oxygen atoms in total. The number of non-ortho nitro benzene ring substituents is 1. The molecule has 8 heteroatoms. The number of aromatic nitrogens is 2. The first-order valence-corrected chi connectivity index (χ1v) is 7.03. The quantitative estimate of drug-likeness (QED) is 0.565. The third kappa shape index (κ3) is 2.86. The number of hydrogen-bond acceptors (Lipinski definition) is 4. The number of halogens is 1. The van der Waals surface area contributed by atoms with Crippen molar-refractivity contribution < 1.29 is 9.72 Å². The van der Waals surface area contributed by atoms with Crippen LogP contribution in [0, 0.1) is 17.0 Å². The second-order valence-electron chi connectivity index (χ2n) is 4.97. The van der Waals surface area contributed by atoms with Crippen LogP contribution in [-0.4, -0.2) is 21.0 Å². The number of nitro groups is 1. The molecular weight excluding hydrogens is 320 g/mol. The number of nitro benzene ring substituents is 1. The van der Waals surface area contributed by atoms with Gasteiger partial charge in [-0.2, -0.15) is 5.10 Å². The molecule has 1 aromatic heterocycles. The lowest BCUT2D eigenvalue weighted by Crippen LogP contribution is -2.13. The zero-order valence-electron chi connectivity index (χ0n) is 12.0. The number of rotatable bonds is 3. The molecule has 0 atom stereocenters. The van der Waals surface area contributed by atoms with Crippen LogP contribution in [0.1, 0.15) is 16.1 Å². The van der Waals surface area contributed by atoms with Gasteiger partial charge in [0.1, 0.15) is 0 Å². The Morgan fingerprint density at radius 1 is 1.30 bits per heavy atom. The molecule has 0 spiro atoms. The van der Waals surface area contributed by atoms with Gasteiger partial charge in [0, 0.05) is 28.2 Å². The van der Waals surface area contributed by atoms with Crippen molar-refractivity contribution in [3.63, 3.8) is 0 Å². The van der Waals surface area contributed by atoms with E-state index in [0.717, 1.165) is 5.56 Å². The Labute approximate surface area is 135 Å². The topological polar surface area (TPSA) is 101 Å². The largest absolute Gasteiger partial charge is 0.320 e. The molecule has 116 valence electrons. The third-order valence-electron chi connectivity index (χ3n) is 3.41. The van der Waals surface area contributed by atoms with Gasteiger partial charge >= 0.3 is 0 Å².